The van der Waals surface area contributed by atoms with Crippen LogP contribution >= 0.6 is 11.3 Å². The quantitative estimate of drug-likeness (QED) is 0.830. The molecule has 1 N–H and O–H groups in total. The number of aryl methyl sites for hydroxylation is 1. The molecule has 1 aromatic rings. The van der Waals surface area contributed by atoms with E-state index in [1.54, 1.807) is 20.8 Å². The van der Waals surface area contributed by atoms with E-state index in [-0.39, 0.29) is 0 Å². The third-order valence-electron chi connectivity index (χ3n) is 2.11. The molecule has 0 aliphatic heterocycles. The molecule has 0 saturated heterocycles. The van der Waals surface area contributed by atoms with Crippen molar-refractivity contribution in [3.63, 3.8) is 0 Å². The summed E-state index contributed by atoms with van der Waals surface area (Å²) in [6.07, 6.45) is -0.532. The van der Waals surface area contributed by atoms with Crippen LogP contribution in [-0.2, 0) is 4.74 Å². The van der Waals surface area contributed by atoms with Gasteiger partial charge >= 0.3 is 6.09 Å². The van der Waals surface area contributed by atoms with Crippen LogP contribution in [0.4, 0.5) is 9.80 Å². The molecular weight excluding hydrogens is 236 g/mol. The van der Waals surface area contributed by atoms with Crippen molar-refractivity contribution in [3.8, 4) is 6.07 Å². The maximum Gasteiger partial charge on any atom is 0.412 e. The van der Waals surface area contributed by atoms with Crippen LogP contribution in [0.15, 0.2) is 0 Å². The van der Waals surface area contributed by atoms with Gasteiger partial charge in [-0.15, -0.1) is 11.3 Å². The number of carbonyl (C=O) groups excluding carboxylic acids is 1. The molecule has 0 spiro atoms. The van der Waals surface area contributed by atoms with Crippen LogP contribution in [0.3, 0.4) is 0 Å². The van der Waals surface area contributed by atoms with Crippen LogP contribution in [0.2, 0.25) is 0 Å². The summed E-state index contributed by atoms with van der Waals surface area (Å²) in [4.78, 5) is 12.6. The first kappa shape index (κ1) is 13.5. The van der Waals surface area contributed by atoms with Gasteiger partial charge in [0.05, 0.1) is 5.56 Å². The SMILES string of the molecule is Cc1sc(NC(=O)OC(C)(C)C)c(C#N)c1C. The number of thiophene rings is 1. The number of anilines is 1. The summed E-state index contributed by atoms with van der Waals surface area (Å²) in [5, 5.41) is 12.2. The smallest absolute Gasteiger partial charge is 0.412 e. The molecule has 1 aromatic heterocycles. The fourth-order valence-corrected chi connectivity index (χ4v) is 2.24. The fraction of sp³-hybridized carbons (Fsp3) is 0.500. The summed E-state index contributed by atoms with van der Waals surface area (Å²) >= 11 is 1.39. The van der Waals surface area contributed by atoms with Crippen molar-refractivity contribution in [2.45, 2.75) is 40.2 Å². The second-order valence-corrected chi connectivity index (χ2v) is 5.95. The summed E-state index contributed by atoms with van der Waals surface area (Å²) in [5.41, 5.74) is 0.875. The summed E-state index contributed by atoms with van der Waals surface area (Å²) < 4.78 is 5.14. The number of hydrogen-bond acceptors (Lipinski definition) is 4. The minimum atomic E-state index is -0.543. The molecule has 0 aliphatic rings. The second kappa shape index (κ2) is 4.76. The Hall–Kier alpha value is -1.54. The Morgan fingerprint density at radius 1 is 1.41 bits per heavy atom. The van der Waals surface area contributed by atoms with Crippen molar-refractivity contribution in [1.29, 1.82) is 5.26 Å². The highest BCUT2D eigenvalue weighted by molar-refractivity contribution is 7.16. The molecule has 0 aromatic carbocycles. The first-order valence-electron chi connectivity index (χ1n) is 5.24. The topological polar surface area (TPSA) is 62.1 Å². The first-order chi connectivity index (χ1) is 7.74. The van der Waals surface area contributed by atoms with Gasteiger partial charge in [-0.2, -0.15) is 5.26 Å². The van der Waals surface area contributed by atoms with Crippen LogP contribution in [0.25, 0.3) is 0 Å². The van der Waals surface area contributed by atoms with E-state index in [2.05, 4.69) is 11.4 Å². The number of nitriles is 1. The van der Waals surface area contributed by atoms with Gasteiger partial charge in [-0.3, -0.25) is 5.32 Å². The lowest BCUT2D eigenvalue weighted by Gasteiger charge is -2.19. The average molecular weight is 252 g/mol. The van der Waals surface area contributed by atoms with Crippen molar-refractivity contribution < 1.29 is 9.53 Å². The van der Waals surface area contributed by atoms with Gasteiger partial charge in [0.15, 0.2) is 0 Å². The van der Waals surface area contributed by atoms with Gasteiger partial charge in [0.25, 0.3) is 0 Å². The average Bonchev–Trinajstić information content (AvgIpc) is 2.39. The highest BCUT2D eigenvalue weighted by Gasteiger charge is 2.19. The zero-order valence-corrected chi connectivity index (χ0v) is 11.5. The van der Waals surface area contributed by atoms with Gasteiger partial charge in [0.2, 0.25) is 0 Å². The van der Waals surface area contributed by atoms with Crippen molar-refractivity contribution in [2.24, 2.45) is 0 Å². The minimum absolute atomic E-state index is 0.512. The molecule has 1 heterocycles. The number of nitrogens with zero attached hydrogens (tertiary/aromatic N) is 1. The molecule has 0 fully saturated rings. The van der Waals surface area contributed by atoms with E-state index < -0.39 is 11.7 Å². The molecule has 92 valence electrons. The standard InChI is InChI=1S/C12H16N2O2S/c1-7-8(2)17-10(9(7)6-13)14-11(15)16-12(3,4)5/h1-5H3,(H,14,15). The summed E-state index contributed by atoms with van der Waals surface area (Å²) in [6.45, 7) is 9.17. The van der Waals surface area contributed by atoms with Crippen LogP contribution in [0, 0.1) is 25.2 Å². The number of amides is 1. The van der Waals surface area contributed by atoms with E-state index in [1.807, 2.05) is 13.8 Å². The van der Waals surface area contributed by atoms with Crippen molar-refractivity contribution in [3.05, 3.63) is 16.0 Å². The Morgan fingerprint density at radius 3 is 2.47 bits per heavy atom. The monoisotopic (exact) mass is 252 g/mol. The molecular formula is C12H16N2O2S. The van der Waals surface area contributed by atoms with Gasteiger partial charge < -0.3 is 4.74 Å². The first-order valence-corrected chi connectivity index (χ1v) is 6.06. The van der Waals surface area contributed by atoms with Gasteiger partial charge in [-0.05, 0) is 40.2 Å². The molecule has 0 bridgehead atoms. The lowest BCUT2D eigenvalue weighted by atomic mass is 10.2. The lowest BCUT2D eigenvalue weighted by molar-refractivity contribution is 0.0636. The molecule has 1 amide bonds. The predicted octanol–water partition coefficient (Wildman–Crippen LogP) is 3.58. The van der Waals surface area contributed by atoms with Crippen LogP contribution < -0.4 is 5.32 Å². The Balaban J connectivity index is 2.87. The summed E-state index contributed by atoms with van der Waals surface area (Å²) in [7, 11) is 0. The van der Waals surface area contributed by atoms with Crippen LogP contribution in [-0.4, -0.2) is 11.7 Å². The van der Waals surface area contributed by atoms with Gasteiger partial charge in [0.1, 0.15) is 16.7 Å². The number of hydrogen-bond donors (Lipinski definition) is 1. The van der Waals surface area contributed by atoms with E-state index in [0.29, 0.717) is 10.6 Å². The number of nitrogens with one attached hydrogen (secondary N) is 1. The van der Waals surface area contributed by atoms with Gasteiger partial charge in [-0.1, -0.05) is 0 Å². The number of carbonyl (C=O) groups is 1. The van der Waals surface area contributed by atoms with E-state index >= 15 is 0 Å². The van der Waals surface area contributed by atoms with Crippen molar-refractivity contribution in [1.82, 2.24) is 0 Å². The van der Waals surface area contributed by atoms with E-state index in [0.717, 1.165) is 10.4 Å². The largest absolute Gasteiger partial charge is 0.444 e. The van der Waals surface area contributed by atoms with Crippen LogP contribution in [0.5, 0.6) is 0 Å². The minimum Gasteiger partial charge on any atom is -0.444 e. The molecule has 1 rings (SSSR count). The zero-order chi connectivity index (χ0) is 13.2. The fourth-order valence-electron chi connectivity index (χ4n) is 1.25. The molecule has 5 heteroatoms. The third kappa shape index (κ3) is 3.46. The Morgan fingerprint density at radius 2 is 2.00 bits per heavy atom. The third-order valence-corrected chi connectivity index (χ3v) is 3.23. The second-order valence-electron chi connectivity index (χ2n) is 4.73. The molecule has 0 saturated carbocycles. The molecule has 0 radical (unpaired) electrons. The highest BCUT2D eigenvalue weighted by atomic mass is 32.1. The summed E-state index contributed by atoms with van der Waals surface area (Å²) in [6, 6.07) is 2.09. The normalized spacial score (nSPS) is 10.8. The summed E-state index contributed by atoms with van der Waals surface area (Å²) in [5.74, 6) is 0. The zero-order valence-electron chi connectivity index (χ0n) is 10.7. The molecule has 17 heavy (non-hydrogen) atoms. The molecule has 0 unspecified atom stereocenters. The Kier molecular flexibility index (Phi) is 3.79. The number of rotatable bonds is 1. The van der Waals surface area contributed by atoms with Crippen molar-refractivity contribution in [2.75, 3.05) is 5.32 Å². The maximum absolute atomic E-state index is 11.6. The van der Waals surface area contributed by atoms with E-state index in [9.17, 15) is 4.79 Å². The maximum atomic E-state index is 11.6. The molecule has 0 aliphatic carbocycles. The predicted molar refractivity (Wildman–Crippen MR) is 68.4 cm³/mol. The van der Waals surface area contributed by atoms with Crippen molar-refractivity contribution >= 4 is 22.4 Å². The Bertz CT molecular complexity index is 478. The van der Waals surface area contributed by atoms with Gasteiger partial charge in [-0.25, -0.2) is 4.79 Å². The molecule has 4 nitrogen and oxygen atoms in total. The lowest BCUT2D eigenvalue weighted by Crippen LogP contribution is -2.27. The number of ether oxygens (including phenoxy) is 1. The molecule has 0 atom stereocenters. The Labute approximate surface area is 105 Å². The van der Waals surface area contributed by atoms with Gasteiger partial charge in [0, 0.05) is 4.88 Å². The van der Waals surface area contributed by atoms with E-state index in [4.69, 9.17) is 10.00 Å². The highest BCUT2D eigenvalue weighted by Crippen LogP contribution is 2.31. The van der Waals surface area contributed by atoms with Crippen LogP contribution in [0.1, 0.15) is 36.8 Å². The van der Waals surface area contributed by atoms with E-state index in [1.165, 1.54) is 11.3 Å².